The van der Waals surface area contributed by atoms with Crippen molar-refractivity contribution in [3.63, 3.8) is 0 Å². The summed E-state index contributed by atoms with van der Waals surface area (Å²) in [6.45, 7) is 2.12. The molecular formula is C17H20BrN3O5S. The van der Waals surface area contributed by atoms with Crippen LogP contribution in [0.2, 0.25) is 0 Å². The third-order valence-corrected chi connectivity index (χ3v) is 4.96. The van der Waals surface area contributed by atoms with Gasteiger partial charge in [-0.05, 0) is 28.9 Å². The van der Waals surface area contributed by atoms with Gasteiger partial charge in [0, 0.05) is 10.9 Å². The van der Waals surface area contributed by atoms with Crippen molar-refractivity contribution in [2.75, 3.05) is 33.4 Å². The summed E-state index contributed by atoms with van der Waals surface area (Å²) >= 11 is 4.83. The number of thiazole rings is 1. The first kappa shape index (κ1) is 21.0. The summed E-state index contributed by atoms with van der Waals surface area (Å²) in [6.07, 6.45) is 1.73. The molecule has 2 aromatic rings. The lowest BCUT2D eigenvalue weighted by atomic mass is 10.2. The molecule has 0 atom stereocenters. The molecular weight excluding hydrogens is 438 g/mol. The Kier molecular flexibility index (Phi) is 7.86. The summed E-state index contributed by atoms with van der Waals surface area (Å²) in [5.74, 6) is 1.20. The number of rotatable bonds is 9. The van der Waals surface area contributed by atoms with Gasteiger partial charge in [-0.15, -0.1) is 11.3 Å². The average Bonchev–Trinajstić information content (AvgIpc) is 3.09. The molecule has 10 heteroatoms. The van der Waals surface area contributed by atoms with Gasteiger partial charge < -0.3 is 18.9 Å². The van der Waals surface area contributed by atoms with Gasteiger partial charge >= 0.3 is 5.97 Å². The van der Waals surface area contributed by atoms with Gasteiger partial charge in [-0.1, -0.05) is 0 Å². The van der Waals surface area contributed by atoms with E-state index in [4.69, 9.17) is 18.9 Å². The SMILES string of the molecule is CCOC(=O)Cc1csc(NN=Cc2cc(OC)c(OC)c(OC)c2Br)n1. The highest BCUT2D eigenvalue weighted by Crippen LogP contribution is 2.44. The lowest BCUT2D eigenvalue weighted by Crippen LogP contribution is -2.07. The fourth-order valence-corrected chi connectivity index (χ4v) is 3.41. The second kappa shape index (κ2) is 10.1. The minimum atomic E-state index is -0.306. The minimum absolute atomic E-state index is 0.133. The van der Waals surface area contributed by atoms with Crippen molar-refractivity contribution in [3.8, 4) is 17.2 Å². The molecule has 27 heavy (non-hydrogen) atoms. The number of hydrogen-bond donors (Lipinski definition) is 1. The molecule has 0 aliphatic heterocycles. The number of carbonyl (C=O) groups is 1. The Morgan fingerprint density at radius 1 is 1.30 bits per heavy atom. The minimum Gasteiger partial charge on any atom is -0.493 e. The van der Waals surface area contributed by atoms with E-state index < -0.39 is 0 Å². The Bertz CT molecular complexity index is 825. The van der Waals surface area contributed by atoms with Gasteiger partial charge in [-0.25, -0.2) is 4.98 Å². The van der Waals surface area contributed by atoms with E-state index in [1.165, 1.54) is 11.3 Å². The zero-order valence-electron chi connectivity index (χ0n) is 15.4. The molecule has 146 valence electrons. The van der Waals surface area contributed by atoms with Crippen molar-refractivity contribution in [1.29, 1.82) is 0 Å². The number of benzene rings is 1. The van der Waals surface area contributed by atoms with Crippen LogP contribution in [-0.4, -0.2) is 45.1 Å². The molecule has 0 radical (unpaired) electrons. The van der Waals surface area contributed by atoms with Gasteiger partial charge in [0.2, 0.25) is 10.9 Å². The van der Waals surface area contributed by atoms with Crippen LogP contribution >= 0.6 is 27.3 Å². The van der Waals surface area contributed by atoms with Gasteiger partial charge in [0.15, 0.2) is 11.5 Å². The summed E-state index contributed by atoms with van der Waals surface area (Å²) in [5, 5.41) is 6.53. The fraction of sp³-hybridized carbons (Fsp3) is 0.353. The summed E-state index contributed by atoms with van der Waals surface area (Å²) in [7, 11) is 4.63. The first-order chi connectivity index (χ1) is 13.0. The number of carbonyl (C=O) groups excluding carboxylic acids is 1. The Hall–Kier alpha value is -2.33. The lowest BCUT2D eigenvalue weighted by Gasteiger charge is -2.15. The summed E-state index contributed by atoms with van der Waals surface area (Å²) in [6, 6.07) is 1.77. The van der Waals surface area contributed by atoms with Crippen LogP contribution in [-0.2, 0) is 16.0 Å². The number of hydrazone groups is 1. The smallest absolute Gasteiger partial charge is 0.311 e. The van der Waals surface area contributed by atoms with Crippen LogP contribution in [0, 0.1) is 0 Å². The van der Waals surface area contributed by atoms with E-state index in [0.717, 1.165) is 5.56 Å². The molecule has 0 amide bonds. The second-order valence-electron chi connectivity index (χ2n) is 5.04. The van der Waals surface area contributed by atoms with Gasteiger partial charge in [0.05, 0.1) is 50.7 Å². The molecule has 1 aromatic heterocycles. The molecule has 0 spiro atoms. The van der Waals surface area contributed by atoms with E-state index in [-0.39, 0.29) is 12.4 Å². The van der Waals surface area contributed by atoms with Crippen LogP contribution in [0.15, 0.2) is 21.0 Å². The van der Waals surface area contributed by atoms with E-state index in [2.05, 4.69) is 31.4 Å². The highest BCUT2D eigenvalue weighted by Gasteiger charge is 2.18. The zero-order valence-corrected chi connectivity index (χ0v) is 17.8. The molecule has 0 aliphatic rings. The molecule has 0 aliphatic carbocycles. The maximum Gasteiger partial charge on any atom is 0.311 e. The number of aromatic nitrogens is 1. The van der Waals surface area contributed by atoms with Crippen LogP contribution in [0.1, 0.15) is 18.2 Å². The van der Waals surface area contributed by atoms with Crippen LogP contribution in [0.25, 0.3) is 0 Å². The van der Waals surface area contributed by atoms with Crippen LogP contribution in [0.3, 0.4) is 0 Å². The summed E-state index contributed by atoms with van der Waals surface area (Å²) < 4.78 is 21.6. The second-order valence-corrected chi connectivity index (χ2v) is 6.70. The summed E-state index contributed by atoms with van der Waals surface area (Å²) in [5.41, 5.74) is 4.19. The molecule has 2 rings (SSSR count). The number of anilines is 1. The van der Waals surface area contributed by atoms with Crippen molar-refractivity contribution >= 4 is 44.6 Å². The number of hydrogen-bond acceptors (Lipinski definition) is 9. The maximum atomic E-state index is 11.5. The molecule has 0 bridgehead atoms. The van der Waals surface area contributed by atoms with Crippen molar-refractivity contribution in [2.45, 2.75) is 13.3 Å². The number of nitrogens with one attached hydrogen (secondary N) is 1. The largest absolute Gasteiger partial charge is 0.493 e. The molecule has 0 saturated carbocycles. The zero-order chi connectivity index (χ0) is 19.8. The maximum absolute atomic E-state index is 11.5. The Morgan fingerprint density at radius 2 is 2.04 bits per heavy atom. The van der Waals surface area contributed by atoms with Crippen molar-refractivity contribution in [3.05, 3.63) is 27.2 Å². The number of ether oxygens (including phenoxy) is 4. The third kappa shape index (κ3) is 5.33. The Labute approximate surface area is 169 Å². The molecule has 0 saturated heterocycles. The summed E-state index contributed by atoms with van der Waals surface area (Å²) in [4.78, 5) is 15.8. The Balaban J connectivity index is 2.12. The monoisotopic (exact) mass is 457 g/mol. The van der Waals surface area contributed by atoms with E-state index in [1.807, 2.05) is 0 Å². The van der Waals surface area contributed by atoms with Crippen molar-refractivity contribution in [1.82, 2.24) is 4.98 Å². The first-order valence-electron chi connectivity index (χ1n) is 7.91. The molecule has 0 unspecified atom stereocenters. The van der Waals surface area contributed by atoms with Crippen LogP contribution < -0.4 is 19.6 Å². The van der Waals surface area contributed by atoms with E-state index in [1.54, 1.807) is 45.9 Å². The van der Waals surface area contributed by atoms with E-state index in [9.17, 15) is 4.79 Å². The van der Waals surface area contributed by atoms with Gasteiger partial charge in [0.25, 0.3) is 0 Å². The first-order valence-corrected chi connectivity index (χ1v) is 9.58. The molecule has 1 N–H and O–H groups in total. The predicted molar refractivity (Wildman–Crippen MR) is 107 cm³/mol. The van der Waals surface area contributed by atoms with E-state index in [0.29, 0.717) is 39.2 Å². The standard InChI is InChI=1S/C17H20BrN3O5S/c1-5-26-13(22)7-11-9-27-17(20-11)21-19-8-10-6-12(23-2)15(24-3)16(25-4)14(10)18/h6,8-9H,5,7H2,1-4H3,(H,20,21). The van der Waals surface area contributed by atoms with E-state index >= 15 is 0 Å². The number of nitrogens with zero attached hydrogens (tertiary/aromatic N) is 2. The molecule has 1 aromatic carbocycles. The third-order valence-electron chi connectivity index (χ3n) is 3.34. The van der Waals surface area contributed by atoms with Crippen LogP contribution in [0.5, 0.6) is 17.2 Å². The lowest BCUT2D eigenvalue weighted by molar-refractivity contribution is -0.142. The predicted octanol–water partition coefficient (Wildman–Crippen LogP) is 3.48. The normalized spacial score (nSPS) is 10.7. The Morgan fingerprint density at radius 3 is 2.67 bits per heavy atom. The topological polar surface area (TPSA) is 91.3 Å². The highest BCUT2D eigenvalue weighted by molar-refractivity contribution is 9.10. The number of halogens is 1. The molecule has 1 heterocycles. The van der Waals surface area contributed by atoms with Crippen LogP contribution in [0.4, 0.5) is 5.13 Å². The number of methoxy groups -OCH3 is 3. The van der Waals surface area contributed by atoms with Gasteiger partial charge in [-0.3, -0.25) is 10.2 Å². The van der Waals surface area contributed by atoms with Gasteiger partial charge in [0.1, 0.15) is 0 Å². The highest BCUT2D eigenvalue weighted by atomic mass is 79.9. The molecule has 0 fully saturated rings. The van der Waals surface area contributed by atoms with Gasteiger partial charge in [-0.2, -0.15) is 5.10 Å². The van der Waals surface area contributed by atoms with Crippen molar-refractivity contribution in [2.24, 2.45) is 5.10 Å². The fourth-order valence-electron chi connectivity index (χ4n) is 2.19. The van der Waals surface area contributed by atoms with Crippen molar-refractivity contribution < 1.29 is 23.7 Å². The average molecular weight is 458 g/mol. The molecule has 8 nitrogen and oxygen atoms in total. The quantitative estimate of drug-likeness (QED) is 0.350. The number of esters is 1.